The number of hydrazone groups is 1. The molecule has 124 valence electrons. The van der Waals surface area contributed by atoms with E-state index in [1.54, 1.807) is 0 Å². The van der Waals surface area contributed by atoms with Crippen LogP contribution in [0.3, 0.4) is 0 Å². The van der Waals surface area contributed by atoms with Gasteiger partial charge in [-0.1, -0.05) is 26.2 Å². The van der Waals surface area contributed by atoms with E-state index >= 15 is 0 Å². The van der Waals surface area contributed by atoms with Crippen molar-refractivity contribution in [2.24, 2.45) is 16.9 Å². The molecule has 0 bridgehead atoms. The van der Waals surface area contributed by atoms with Gasteiger partial charge in [-0.15, -0.1) is 0 Å². The molecule has 1 aliphatic rings. The molecule has 0 radical (unpaired) electrons. The summed E-state index contributed by atoms with van der Waals surface area (Å²) in [4.78, 5) is 20.5. The zero-order valence-corrected chi connectivity index (χ0v) is 13.2. The van der Waals surface area contributed by atoms with Gasteiger partial charge in [0.2, 0.25) is 0 Å². The number of rotatable bonds is 5. The third kappa shape index (κ3) is 4.02. The maximum Gasteiger partial charge on any atom is 0.301 e. The molecule has 2 rings (SSSR count). The normalized spacial score (nSPS) is 21.7. The molecular weight excluding hydrogens is 300 g/mol. The van der Waals surface area contributed by atoms with Crippen molar-refractivity contribution in [3.05, 3.63) is 38.4 Å². The molecule has 1 aromatic carbocycles. The van der Waals surface area contributed by atoms with E-state index in [2.05, 4.69) is 17.5 Å². The van der Waals surface area contributed by atoms with E-state index in [1.807, 2.05) is 6.92 Å². The summed E-state index contributed by atoms with van der Waals surface area (Å²) in [7, 11) is 0. The van der Waals surface area contributed by atoms with E-state index < -0.39 is 9.85 Å². The Labute approximate surface area is 133 Å². The number of anilines is 1. The van der Waals surface area contributed by atoms with Crippen LogP contribution in [0, 0.1) is 32.1 Å². The molecule has 0 saturated heterocycles. The van der Waals surface area contributed by atoms with Gasteiger partial charge in [0.15, 0.2) is 0 Å². The molecule has 0 aromatic heterocycles. The summed E-state index contributed by atoms with van der Waals surface area (Å²) < 4.78 is 0. The van der Waals surface area contributed by atoms with Gasteiger partial charge in [-0.05, 0) is 25.3 Å². The van der Waals surface area contributed by atoms with E-state index in [9.17, 15) is 20.2 Å². The lowest BCUT2D eigenvalue weighted by Gasteiger charge is -2.28. The van der Waals surface area contributed by atoms with Gasteiger partial charge in [-0.2, -0.15) is 5.10 Å². The number of non-ortho nitro benzene ring substituents is 1. The number of nitrogens with zero attached hydrogens (tertiary/aromatic N) is 3. The predicted molar refractivity (Wildman–Crippen MR) is 87.6 cm³/mol. The molecule has 0 spiro atoms. The van der Waals surface area contributed by atoms with E-state index in [4.69, 9.17) is 0 Å². The molecule has 1 aliphatic carbocycles. The Morgan fingerprint density at radius 1 is 1.22 bits per heavy atom. The summed E-state index contributed by atoms with van der Waals surface area (Å²) in [5, 5.41) is 26.1. The highest BCUT2D eigenvalue weighted by Gasteiger charge is 2.24. The molecule has 1 aromatic rings. The van der Waals surface area contributed by atoms with Crippen LogP contribution in [-0.4, -0.2) is 15.6 Å². The molecule has 0 aliphatic heterocycles. The van der Waals surface area contributed by atoms with Gasteiger partial charge in [-0.3, -0.25) is 25.7 Å². The van der Waals surface area contributed by atoms with Crippen molar-refractivity contribution in [2.45, 2.75) is 39.5 Å². The highest BCUT2D eigenvalue weighted by Crippen LogP contribution is 2.32. The molecule has 1 fully saturated rings. The number of nitrogens with one attached hydrogen (secondary N) is 1. The molecule has 8 nitrogen and oxygen atoms in total. The quantitative estimate of drug-likeness (QED) is 0.498. The molecule has 2 atom stereocenters. The van der Waals surface area contributed by atoms with Crippen molar-refractivity contribution in [3.63, 3.8) is 0 Å². The fraction of sp³-hybridized carbons (Fsp3) is 0.533. The zero-order chi connectivity index (χ0) is 17.0. The van der Waals surface area contributed by atoms with Gasteiger partial charge < -0.3 is 0 Å². The van der Waals surface area contributed by atoms with Crippen LogP contribution >= 0.6 is 0 Å². The van der Waals surface area contributed by atoms with Gasteiger partial charge in [0.1, 0.15) is 5.69 Å². The van der Waals surface area contributed by atoms with Crippen LogP contribution in [0.25, 0.3) is 0 Å². The molecule has 8 heteroatoms. The molecular formula is C15H20N4O4. The van der Waals surface area contributed by atoms with Crippen LogP contribution in [0.2, 0.25) is 0 Å². The van der Waals surface area contributed by atoms with Gasteiger partial charge >= 0.3 is 5.69 Å². The predicted octanol–water partition coefficient (Wildman–Crippen LogP) is 4.12. The molecule has 0 heterocycles. The largest absolute Gasteiger partial charge is 0.301 e. The smallest absolute Gasteiger partial charge is 0.272 e. The van der Waals surface area contributed by atoms with Gasteiger partial charge in [0.25, 0.3) is 5.69 Å². The second-order valence-electron chi connectivity index (χ2n) is 5.95. The Bertz CT molecular complexity index is 644. The third-order valence-corrected chi connectivity index (χ3v) is 4.39. The molecule has 1 saturated carbocycles. The molecule has 2 unspecified atom stereocenters. The fourth-order valence-electron chi connectivity index (χ4n) is 3.05. The number of nitro groups is 2. The van der Waals surface area contributed by atoms with Crippen molar-refractivity contribution in [1.29, 1.82) is 0 Å². The lowest BCUT2D eigenvalue weighted by atomic mass is 9.78. The molecule has 1 N–H and O–H groups in total. The van der Waals surface area contributed by atoms with E-state index in [1.165, 1.54) is 25.0 Å². The van der Waals surface area contributed by atoms with E-state index in [-0.39, 0.29) is 17.1 Å². The maximum atomic E-state index is 11.1. The third-order valence-electron chi connectivity index (χ3n) is 4.39. The Morgan fingerprint density at radius 3 is 2.52 bits per heavy atom. The monoisotopic (exact) mass is 320 g/mol. The average molecular weight is 320 g/mol. The first-order valence-corrected chi connectivity index (χ1v) is 7.63. The molecule has 23 heavy (non-hydrogen) atoms. The minimum absolute atomic E-state index is 0.156. The van der Waals surface area contributed by atoms with E-state index in [0.717, 1.165) is 24.6 Å². The topological polar surface area (TPSA) is 111 Å². The summed E-state index contributed by atoms with van der Waals surface area (Å²) in [6, 6.07) is 3.48. The summed E-state index contributed by atoms with van der Waals surface area (Å²) in [6.45, 7) is 4.11. The molecule has 0 amide bonds. The summed E-state index contributed by atoms with van der Waals surface area (Å²) >= 11 is 0. The fourth-order valence-corrected chi connectivity index (χ4v) is 3.05. The first-order valence-electron chi connectivity index (χ1n) is 7.63. The van der Waals surface area contributed by atoms with Crippen molar-refractivity contribution in [3.8, 4) is 0 Å². The Morgan fingerprint density at radius 2 is 1.91 bits per heavy atom. The van der Waals surface area contributed by atoms with Crippen molar-refractivity contribution in [1.82, 2.24) is 0 Å². The average Bonchev–Trinajstić information content (AvgIpc) is 2.52. The Kier molecular flexibility index (Phi) is 5.25. The highest BCUT2D eigenvalue weighted by atomic mass is 16.6. The van der Waals surface area contributed by atoms with Crippen molar-refractivity contribution < 1.29 is 9.85 Å². The van der Waals surface area contributed by atoms with Gasteiger partial charge in [0.05, 0.1) is 15.9 Å². The number of benzene rings is 1. The van der Waals surface area contributed by atoms with Gasteiger partial charge in [0, 0.05) is 17.7 Å². The highest BCUT2D eigenvalue weighted by molar-refractivity contribution is 5.85. The minimum atomic E-state index is -0.658. The number of hydrogen-bond acceptors (Lipinski definition) is 6. The van der Waals surface area contributed by atoms with E-state index in [0.29, 0.717) is 11.8 Å². The minimum Gasteiger partial charge on any atom is -0.272 e. The van der Waals surface area contributed by atoms with Crippen molar-refractivity contribution >= 4 is 22.8 Å². The first-order chi connectivity index (χ1) is 10.9. The zero-order valence-electron chi connectivity index (χ0n) is 13.2. The Balaban J connectivity index is 2.20. The number of nitro benzene ring substituents is 2. The second-order valence-corrected chi connectivity index (χ2v) is 5.95. The van der Waals surface area contributed by atoms with Crippen LogP contribution in [0.15, 0.2) is 23.3 Å². The van der Waals surface area contributed by atoms with Crippen LogP contribution in [0.5, 0.6) is 0 Å². The SMILES string of the molecule is C/C(=N\Nc1ccc([N+](=O)[O-])cc1[N+](=O)[O-])C1CCCCC1C. The lowest BCUT2D eigenvalue weighted by Crippen LogP contribution is -2.24. The first kappa shape index (κ1) is 16.9. The summed E-state index contributed by atoms with van der Waals surface area (Å²) in [5.41, 5.74) is 3.10. The van der Waals surface area contributed by atoms with Gasteiger partial charge in [-0.25, -0.2) is 0 Å². The van der Waals surface area contributed by atoms with Crippen LogP contribution in [0.4, 0.5) is 17.1 Å². The number of hydrogen-bond donors (Lipinski definition) is 1. The summed E-state index contributed by atoms with van der Waals surface area (Å²) in [5.74, 6) is 0.912. The van der Waals surface area contributed by atoms with Crippen LogP contribution in [0.1, 0.15) is 39.5 Å². The summed E-state index contributed by atoms with van der Waals surface area (Å²) in [6.07, 6.45) is 4.63. The van der Waals surface area contributed by atoms with Crippen LogP contribution < -0.4 is 5.43 Å². The van der Waals surface area contributed by atoms with Crippen molar-refractivity contribution in [2.75, 3.05) is 5.43 Å². The second kappa shape index (κ2) is 7.17. The maximum absolute atomic E-state index is 11.1. The Hall–Kier alpha value is -2.51. The standard InChI is InChI=1S/C15H20N4O4/c1-10-5-3-4-6-13(10)11(2)16-17-14-8-7-12(18(20)21)9-15(14)19(22)23/h7-10,13,17H,3-6H2,1-2H3/b16-11+. The lowest BCUT2D eigenvalue weighted by molar-refractivity contribution is -0.393. The van der Waals surface area contributed by atoms with Crippen LogP contribution in [-0.2, 0) is 0 Å².